The molecular weight excluding hydrogens is 228 g/mol. The van der Waals surface area contributed by atoms with Gasteiger partial charge in [0.15, 0.2) is 0 Å². The lowest BCUT2D eigenvalue weighted by molar-refractivity contribution is 0.381. The Balaban J connectivity index is 2.09. The van der Waals surface area contributed by atoms with Gasteiger partial charge in [0.25, 0.3) is 0 Å². The fourth-order valence-corrected chi connectivity index (χ4v) is 2.68. The molecule has 0 saturated carbocycles. The van der Waals surface area contributed by atoms with E-state index in [1.165, 1.54) is 18.4 Å². The zero-order valence-corrected chi connectivity index (χ0v) is 10.8. The lowest BCUT2D eigenvalue weighted by Gasteiger charge is -2.22. The number of aromatic nitrogens is 3. The normalized spacial score (nSPS) is 20.2. The Morgan fingerprint density at radius 3 is 3.11 bits per heavy atom. The van der Waals surface area contributed by atoms with Gasteiger partial charge in [-0.15, -0.1) is 0 Å². The second kappa shape index (κ2) is 4.57. The summed E-state index contributed by atoms with van der Waals surface area (Å²) in [5.74, 6) is 0.544. The van der Waals surface area contributed by atoms with Crippen LogP contribution in [0.5, 0.6) is 6.01 Å². The summed E-state index contributed by atoms with van der Waals surface area (Å²) in [7, 11) is 3.64. The third kappa shape index (κ3) is 1.84. The number of hydrogen-bond donors (Lipinski definition) is 1. The summed E-state index contributed by atoms with van der Waals surface area (Å²) in [4.78, 5) is 8.68. The standard InChI is InChI=1S/C13H18N4O/c1-17-8-10(9-4-3-5-14-6-9)12-11(17)7-15-13(16-12)18-2/h7-9,14H,3-6H2,1-2H3. The maximum Gasteiger partial charge on any atom is 0.316 e. The van der Waals surface area contributed by atoms with Gasteiger partial charge >= 0.3 is 6.01 Å². The predicted molar refractivity (Wildman–Crippen MR) is 69.9 cm³/mol. The van der Waals surface area contributed by atoms with Crippen molar-refractivity contribution in [3.8, 4) is 6.01 Å². The van der Waals surface area contributed by atoms with Crippen molar-refractivity contribution >= 4 is 11.0 Å². The van der Waals surface area contributed by atoms with E-state index >= 15 is 0 Å². The Hall–Kier alpha value is -1.62. The first-order valence-corrected chi connectivity index (χ1v) is 6.36. The largest absolute Gasteiger partial charge is 0.467 e. The molecule has 0 radical (unpaired) electrons. The lowest BCUT2D eigenvalue weighted by Crippen LogP contribution is -2.28. The van der Waals surface area contributed by atoms with Gasteiger partial charge in [0.2, 0.25) is 0 Å². The highest BCUT2D eigenvalue weighted by atomic mass is 16.5. The summed E-state index contributed by atoms with van der Waals surface area (Å²) in [5, 5.41) is 3.45. The van der Waals surface area contributed by atoms with E-state index in [-0.39, 0.29) is 0 Å². The van der Waals surface area contributed by atoms with Gasteiger partial charge in [0.1, 0.15) is 0 Å². The number of ether oxygens (including phenoxy) is 1. The Labute approximate surface area is 106 Å². The van der Waals surface area contributed by atoms with Crippen LogP contribution in [0.1, 0.15) is 24.3 Å². The SMILES string of the molecule is COc1ncc2c(n1)c(C1CCCNC1)cn2C. The predicted octanol–water partition coefficient (Wildman–Crippen LogP) is 1.44. The van der Waals surface area contributed by atoms with E-state index < -0.39 is 0 Å². The third-order valence-electron chi connectivity index (χ3n) is 3.65. The van der Waals surface area contributed by atoms with Crippen molar-refractivity contribution in [3.63, 3.8) is 0 Å². The first kappa shape index (κ1) is 11.5. The molecule has 1 saturated heterocycles. The van der Waals surface area contributed by atoms with Crippen LogP contribution >= 0.6 is 0 Å². The molecule has 1 atom stereocenters. The van der Waals surface area contributed by atoms with Crippen molar-refractivity contribution in [3.05, 3.63) is 18.0 Å². The van der Waals surface area contributed by atoms with Gasteiger partial charge in [-0.25, -0.2) is 4.98 Å². The number of hydrogen-bond acceptors (Lipinski definition) is 4. The van der Waals surface area contributed by atoms with E-state index in [1.54, 1.807) is 7.11 Å². The molecule has 96 valence electrons. The second-order valence-electron chi connectivity index (χ2n) is 4.83. The molecule has 1 aliphatic rings. The van der Waals surface area contributed by atoms with Gasteiger partial charge in [-0.2, -0.15) is 4.98 Å². The van der Waals surface area contributed by atoms with Crippen molar-refractivity contribution in [2.45, 2.75) is 18.8 Å². The van der Waals surface area contributed by atoms with Crippen molar-refractivity contribution in [2.75, 3.05) is 20.2 Å². The molecule has 5 nitrogen and oxygen atoms in total. The molecule has 18 heavy (non-hydrogen) atoms. The van der Waals surface area contributed by atoms with Gasteiger partial charge < -0.3 is 14.6 Å². The minimum Gasteiger partial charge on any atom is -0.467 e. The number of rotatable bonds is 2. The van der Waals surface area contributed by atoms with Crippen LogP contribution < -0.4 is 10.1 Å². The van der Waals surface area contributed by atoms with Crippen molar-refractivity contribution in [2.24, 2.45) is 7.05 Å². The highest BCUT2D eigenvalue weighted by Gasteiger charge is 2.21. The zero-order chi connectivity index (χ0) is 12.5. The molecule has 0 bridgehead atoms. The van der Waals surface area contributed by atoms with Crippen LogP contribution in [0.25, 0.3) is 11.0 Å². The molecule has 5 heteroatoms. The van der Waals surface area contributed by atoms with Crippen molar-refractivity contribution < 1.29 is 4.74 Å². The fourth-order valence-electron chi connectivity index (χ4n) is 2.68. The Kier molecular flexibility index (Phi) is 2.91. The minimum absolute atomic E-state index is 0.443. The van der Waals surface area contributed by atoms with Crippen LogP contribution in [0.15, 0.2) is 12.4 Å². The number of aryl methyl sites for hydroxylation is 1. The molecule has 2 aromatic heterocycles. The third-order valence-corrected chi connectivity index (χ3v) is 3.65. The smallest absolute Gasteiger partial charge is 0.316 e. The van der Waals surface area contributed by atoms with Gasteiger partial charge in [0.05, 0.1) is 24.3 Å². The number of nitrogens with one attached hydrogen (secondary N) is 1. The fraction of sp³-hybridized carbons (Fsp3) is 0.538. The van der Waals surface area contributed by atoms with Crippen LogP contribution in [0.4, 0.5) is 0 Å². The summed E-state index contributed by atoms with van der Waals surface area (Å²) in [6, 6.07) is 0.443. The first-order valence-electron chi connectivity index (χ1n) is 6.36. The molecule has 3 rings (SSSR count). The summed E-state index contributed by atoms with van der Waals surface area (Å²) in [6.07, 6.45) is 6.46. The number of fused-ring (bicyclic) bond motifs is 1. The molecular formula is C13H18N4O. The molecule has 1 unspecified atom stereocenters. The number of piperidine rings is 1. The maximum atomic E-state index is 5.13. The summed E-state index contributed by atoms with van der Waals surface area (Å²) < 4.78 is 7.22. The van der Waals surface area contributed by atoms with Crippen molar-refractivity contribution in [1.29, 1.82) is 0 Å². The molecule has 0 aromatic carbocycles. The van der Waals surface area contributed by atoms with Crippen LogP contribution in [0, 0.1) is 0 Å². The molecule has 1 aliphatic heterocycles. The summed E-state index contributed by atoms with van der Waals surface area (Å²) in [5.41, 5.74) is 3.40. The average Bonchev–Trinajstić information content (AvgIpc) is 2.76. The molecule has 0 aliphatic carbocycles. The number of methoxy groups -OCH3 is 1. The molecule has 2 aromatic rings. The highest BCUT2D eigenvalue weighted by Crippen LogP contribution is 2.30. The maximum absolute atomic E-state index is 5.13. The Bertz CT molecular complexity index is 557. The van der Waals surface area contributed by atoms with E-state index in [4.69, 9.17) is 4.74 Å². The Morgan fingerprint density at radius 1 is 1.50 bits per heavy atom. The average molecular weight is 246 g/mol. The zero-order valence-electron chi connectivity index (χ0n) is 10.8. The van der Waals surface area contributed by atoms with Gasteiger partial charge in [-0.05, 0) is 19.4 Å². The minimum atomic E-state index is 0.443. The van der Waals surface area contributed by atoms with Gasteiger partial charge in [0, 0.05) is 31.3 Å². The molecule has 0 spiro atoms. The molecule has 3 heterocycles. The highest BCUT2D eigenvalue weighted by molar-refractivity contribution is 5.80. The topological polar surface area (TPSA) is 52.0 Å². The summed E-state index contributed by atoms with van der Waals surface area (Å²) in [6.45, 7) is 2.16. The van der Waals surface area contributed by atoms with E-state index in [9.17, 15) is 0 Å². The van der Waals surface area contributed by atoms with Crippen LogP contribution in [0.3, 0.4) is 0 Å². The van der Waals surface area contributed by atoms with Gasteiger partial charge in [-0.1, -0.05) is 0 Å². The van der Waals surface area contributed by atoms with E-state index in [2.05, 4.69) is 26.0 Å². The van der Waals surface area contributed by atoms with Gasteiger partial charge in [-0.3, -0.25) is 0 Å². The van der Waals surface area contributed by atoms with Crippen LogP contribution in [-0.2, 0) is 7.05 Å². The summed E-state index contributed by atoms with van der Waals surface area (Å²) >= 11 is 0. The second-order valence-corrected chi connectivity index (χ2v) is 4.83. The van der Waals surface area contributed by atoms with E-state index in [0.717, 1.165) is 24.1 Å². The van der Waals surface area contributed by atoms with Crippen molar-refractivity contribution in [1.82, 2.24) is 19.9 Å². The van der Waals surface area contributed by atoms with E-state index in [1.807, 2.05) is 13.2 Å². The lowest BCUT2D eigenvalue weighted by atomic mass is 9.93. The molecule has 0 amide bonds. The van der Waals surface area contributed by atoms with Crippen LogP contribution in [-0.4, -0.2) is 34.7 Å². The molecule has 1 N–H and O–H groups in total. The van der Waals surface area contributed by atoms with E-state index in [0.29, 0.717) is 11.9 Å². The van der Waals surface area contributed by atoms with Crippen LogP contribution in [0.2, 0.25) is 0 Å². The molecule has 1 fully saturated rings. The monoisotopic (exact) mass is 246 g/mol. The Morgan fingerprint density at radius 2 is 2.39 bits per heavy atom. The quantitative estimate of drug-likeness (QED) is 0.871. The number of nitrogens with zero attached hydrogens (tertiary/aromatic N) is 3. The first-order chi connectivity index (χ1) is 8.79.